The van der Waals surface area contributed by atoms with E-state index in [2.05, 4.69) is 11.8 Å². The molecule has 3 rings (SSSR count). The van der Waals surface area contributed by atoms with Crippen molar-refractivity contribution in [3.05, 3.63) is 59.4 Å². The Morgan fingerprint density at radius 2 is 1.77 bits per heavy atom. The number of ether oxygens (including phenoxy) is 2. The second-order valence-corrected chi connectivity index (χ2v) is 8.01. The molecule has 1 saturated heterocycles. The summed E-state index contributed by atoms with van der Waals surface area (Å²) in [5, 5.41) is 0. The zero-order chi connectivity index (χ0) is 22.5. The number of benzene rings is 2. The number of hydrogen-bond acceptors (Lipinski definition) is 5. The van der Waals surface area contributed by atoms with Crippen molar-refractivity contribution in [2.75, 3.05) is 26.8 Å². The maximum Gasteiger partial charge on any atom is 0.260 e. The van der Waals surface area contributed by atoms with Crippen molar-refractivity contribution in [2.24, 2.45) is 0 Å². The van der Waals surface area contributed by atoms with Gasteiger partial charge in [0.25, 0.3) is 5.91 Å². The van der Waals surface area contributed by atoms with Crippen LogP contribution in [0.2, 0.25) is 0 Å². The summed E-state index contributed by atoms with van der Waals surface area (Å²) in [6.07, 6.45) is 0. The van der Waals surface area contributed by atoms with Gasteiger partial charge in [0.1, 0.15) is 17.3 Å². The van der Waals surface area contributed by atoms with Crippen LogP contribution in [-0.2, 0) is 11.3 Å². The number of ketones is 1. The van der Waals surface area contributed by atoms with Crippen LogP contribution in [-0.4, -0.2) is 60.4 Å². The predicted molar refractivity (Wildman–Crippen MR) is 116 cm³/mol. The maximum absolute atomic E-state index is 13.2. The molecule has 2 unspecified atom stereocenters. The van der Waals surface area contributed by atoms with Gasteiger partial charge in [0, 0.05) is 37.8 Å². The molecule has 0 bridgehead atoms. The lowest BCUT2D eigenvalue weighted by molar-refractivity contribution is -0.139. The lowest BCUT2D eigenvalue weighted by Crippen LogP contribution is -2.58. The minimum atomic E-state index is -0.246. The Morgan fingerprint density at radius 3 is 2.42 bits per heavy atom. The highest BCUT2D eigenvalue weighted by Gasteiger charge is 2.32. The Bertz CT molecular complexity index is 932. The number of rotatable bonds is 7. The van der Waals surface area contributed by atoms with Gasteiger partial charge < -0.3 is 14.4 Å². The van der Waals surface area contributed by atoms with E-state index in [-0.39, 0.29) is 36.2 Å². The molecule has 166 valence electrons. The fraction of sp³-hybridized carbons (Fsp3) is 0.417. The van der Waals surface area contributed by atoms with E-state index in [9.17, 15) is 14.0 Å². The van der Waals surface area contributed by atoms with Crippen LogP contribution in [0.15, 0.2) is 42.5 Å². The zero-order valence-electron chi connectivity index (χ0n) is 18.4. The first-order chi connectivity index (χ1) is 14.8. The SMILES string of the molecule is COc1ccc(C(C)=O)c(OCC(=O)N2CC(C)N(Cc3ccc(F)cc3)CC2C)c1. The van der Waals surface area contributed by atoms with Gasteiger partial charge in [-0.05, 0) is 50.6 Å². The molecule has 1 aliphatic rings. The van der Waals surface area contributed by atoms with Crippen molar-refractivity contribution in [2.45, 2.75) is 39.4 Å². The van der Waals surface area contributed by atoms with Crippen molar-refractivity contribution in [1.29, 1.82) is 0 Å². The molecule has 0 radical (unpaired) electrons. The molecular weight excluding hydrogens is 399 g/mol. The third kappa shape index (κ3) is 5.61. The standard InChI is InChI=1S/C24H29FN2O4/c1-16-13-27(17(2)12-26(16)14-19-5-7-20(25)8-6-19)24(29)15-31-23-11-21(30-4)9-10-22(23)18(3)28/h5-11,16-17H,12-15H2,1-4H3. The molecule has 0 spiro atoms. The molecule has 2 aromatic rings. The van der Waals surface area contributed by atoms with Gasteiger partial charge in [-0.25, -0.2) is 4.39 Å². The van der Waals surface area contributed by atoms with E-state index < -0.39 is 0 Å². The minimum absolute atomic E-state index is 0.00494. The van der Waals surface area contributed by atoms with Crippen molar-refractivity contribution < 1.29 is 23.5 Å². The van der Waals surface area contributed by atoms with Crippen LogP contribution in [0.3, 0.4) is 0 Å². The fourth-order valence-corrected chi connectivity index (χ4v) is 3.85. The van der Waals surface area contributed by atoms with Gasteiger partial charge in [-0.15, -0.1) is 0 Å². The zero-order valence-corrected chi connectivity index (χ0v) is 18.4. The van der Waals surface area contributed by atoms with E-state index in [1.54, 1.807) is 30.3 Å². The Morgan fingerprint density at radius 1 is 1.06 bits per heavy atom. The Balaban J connectivity index is 1.62. The largest absolute Gasteiger partial charge is 0.497 e. The molecule has 1 heterocycles. The Labute approximate surface area is 182 Å². The van der Waals surface area contributed by atoms with Crippen LogP contribution in [0, 0.1) is 5.82 Å². The Hall–Kier alpha value is -2.93. The molecule has 31 heavy (non-hydrogen) atoms. The number of piperazine rings is 1. The van der Waals surface area contributed by atoms with Gasteiger partial charge in [0.15, 0.2) is 12.4 Å². The van der Waals surface area contributed by atoms with Gasteiger partial charge in [0.2, 0.25) is 0 Å². The number of carbonyl (C=O) groups excluding carboxylic acids is 2. The summed E-state index contributed by atoms with van der Waals surface area (Å²) in [4.78, 5) is 28.9. The van der Waals surface area contributed by atoms with E-state index in [1.807, 2.05) is 11.8 Å². The smallest absolute Gasteiger partial charge is 0.260 e. The van der Waals surface area contributed by atoms with Crippen LogP contribution in [0.4, 0.5) is 4.39 Å². The quantitative estimate of drug-likeness (QED) is 0.632. The lowest BCUT2D eigenvalue weighted by Gasteiger charge is -2.44. The van der Waals surface area contributed by atoms with E-state index in [0.29, 0.717) is 36.7 Å². The van der Waals surface area contributed by atoms with Crippen molar-refractivity contribution in [3.8, 4) is 11.5 Å². The molecule has 0 aliphatic carbocycles. The number of halogens is 1. The second-order valence-electron chi connectivity index (χ2n) is 8.01. The molecule has 2 aromatic carbocycles. The first-order valence-electron chi connectivity index (χ1n) is 10.4. The fourth-order valence-electron chi connectivity index (χ4n) is 3.85. The van der Waals surface area contributed by atoms with Crippen molar-refractivity contribution >= 4 is 11.7 Å². The molecular formula is C24H29FN2O4. The van der Waals surface area contributed by atoms with Crippen LogP contribution >= 0.6 is 0 Å². The van der Waals surface area contributed by atoms with E-state index >= 15 is 0 Å². The second kappa shape index (κ2) is 9.92. The van der Waals surface area contributed by atoms with Crippen LogP contribution < -0.4 is 9.47 Å². The lowest BCUT2D eigenvalue weighted by atomic mass is 10.1. The molecule has 6 nitrogen and oxygen atoms in total. The van der Waals surface area contributed by atoms with E-state index in [4.69, 9.17) is 9.47 Å². The number of methoxy groups -OCH3 is 1. The summed E-state index contributed by atoms with van der Waals surface area (Å²) in [5.74, 6) is 0.392. The van der Waals surface area contributed by atoms with E-state index in [0.717, 1.165) is 5.56 Å². The van der Waals surface area contributed by atoms with Crippen LogP contribution in [0.1, 0.15) is 36.7 Å². The van der Waals surface area contributed by atoms with Gasteiger partial charge in [-0.1, -0.05) is 12.1 Å². The molecule has 0 aromatic heterocycles. The Kier molecular flexibility index (Phi) is 7.28. The number of hydrogen-bond donors (Lipinski definition) is 0. The summed E-state index contributed by atoms with van der Waals surface area (Å²) >= 11 is 0. The predicted octanol–water partition coefficient (Wildman–Crippen LogP) is 3.54. The molecule has 1 amide bonds. The van der Waals surface area contributed by atoms with E-state index in [1.165, 1.54) is 26.2 Å². The topological polar surface area (TPSA) is 59.1 Å². The van der Waals surface area contributed by atoms with Crippen LogP contribution in [0.25, 0.3) is 0 Å². The number of amides is 1. The summed E-state index contributed by atoms with van der Waals surface area (Å²) in [6, 6.07) is 11.6. The number of nitrogens with zero attached hydrogens (tertiary/aromatic N) is 2. The molecule has 1 fully saturated rings. The third-order valence-electron chi connectivity index (χ3n) is 5.65. The average Bonchev–Trinajstić information content (AvgIpc) is 2.75. The highest BCUT2D eigenvalue weighted by molar-refractivity contribution is 5.97. The first kappa shape index (κ1) is 22.7. The summed E-state index contributed by atoms with van der Waals surface area (Å²) in [5.41, 5.74) is 1.46. The molecule has 2 atom stereocenters. The highest BCUT2D eigenvalue weighted by Crippen LogP contribution is 2.26. The molecule has 0 N–H and O–H groups in total. The molecule has 1 aliphatic heterocycles. The van der Waals surface area contributed by atoms with Crippen molar-refractivity contribution in [1.82, 2.24) is 9.80 Å². The van der Waals surface area contributed by atoms with Gasteiger partial charge in [-0.3, -0.25) is 14.5 Å². The van der Waals surface area contributed by atoms with Crippen LogP contribution in [0.5, 0.6) is 11.5 Å². The minimum Gasteiger partial charge on any atom is -0.497 e. The maximum atomic E-state index is 13.2. The average molecular weight is 429 g/mol. The summed E-state index contributed by atoms with van der Waals surface area (Å²) < 4.78 is 24.1. The van der Waals surface area contributed by atoms with Crippen molar-refractivity contribution in [3.63, 3.8) is 0 Å². The number of carbonyl (C=O) groups is 2. The summed E-state index contributed by atoms with van der Waals surface area (Å²) in [7, 11) is 1.53. The van der Waals surface area contributed by atoms with Gasteiger partial charge >= 0.3 is 0 Å². The summed E-state index contributed by atoms with van der Waals surface area (Å²) in [6.45, 7) is 7.38. The third-order valence-corrected chi connectivity index (χ3v) is 5.65. The van der Waals surface area contributed by atoms with Gasteiger partial charge in [-0.2, -0.15) is 0 Å². The van der Waals surface area contributed by atoms with Gasteiger partial charge in [0.05, 0.1) is 12.7 Å². The first-order valence-corrected chi connectivity index (χ1v) is 10.4. The highest BCUT2D eigenvalue weighted by atomic mass is 19.1. The molecule has 0 saturated carbocycles. The normalized spacial score (nSPS) is 19.2. The monoisotopic (exact) mass is 428 g/mol. The molecule has 7 heteroatoms. The number of Topliss-reactive ketones (excluding diaryl/α,β-unsaturated/α-hetero) is 1.